The van der Waals surface area contributed by atoms with Crippen LogP contribution in [0.15, 0.2) is 47.4 Å². The van der Waals surface area contributed by atoms with E-state index in [1.807, 2.05) is 31.2 Å². The van der Waals surface area contributed by atoms with Crippen LogP contribution >= 0.6 is 0 Å². The van der Waals surface area contributed by atoms with Crippen molar-refractivity contribution in [2.75, 3.05) is 13.1 Å². The second-order valence-electron chi connectivity index (χ2n) is 8.00. The minimum Gasteiger partial charge on any atom is -0.290 e. The van der Waals surface area contributed by atoms with E-state index in [9.17, 15) is 21.6 Å². The summed E-state index contributed by atoms with van der Waals surface area (Å²) in [5.41, 5.74) is 1.95. The Hall–Kier alpha value is -2.76. The van der Waals surface area contributed by atoms with Gasteiger partial charge in [-0.15, -0.1) is 5.10 Å². The van der Waals surface area contributed by atoms with Crippen LogP contribution < -0.4 is 5.14 Å². The highest BCUT2D eigenvalue weighted by molar-refractivity contribution is 7.89. The predicted molar refractivity (Wildman–Crippen MR) is 112 cm³/mol. The number of primary sulfonamides is 1. The molecule has 170 valence electrons. The van der Waals surface area contributed by atoms with E-state index in [1.54, 1.807) is 4.90 Å². The topological polar surface area (TPSA) is 94.1 Å². The molecular formula is C21H22F3N5O2S. The number of likely N-dealkylation sites (tertiary alicyclic amines) is 1. The summed E-state index contributed by atoms with van der Waals surface area (Å²) < 4.78 is 66.3. The van der Waals surface area contributed by atoms with Gasteiger partial charge in [-0.3, -0.25) is 4.90 Å². The van der Waals surface area contributed by atoms with Gasteiger partial charge in [0.2, 0.25) is 10.0 Å². The minimum atomic E-state index is -4.07. The average Bonchev–Trinajstić information content (AvgIpc) is 3.23. The van der Waals surface area contributed by atoms with Crippen LogP contribution in [0.1, 0.15) is 29.2 Å². The first-order valence-corrected chi connectivity index (χ1v) is 11.5. The first-order chi connectivity index (χ1) is 15.0. The Kier molecular flexibility index (Phi) is 5.82. The summed E-state index contributed by atoms with van der Waals surface area (Å²) in [5, 5.41) is 9.44. The van der Waals surface area contributed by atoms with Crippen molar-refractivity contribution in [3.63, 3.8) is 0 Å². The molecule has 1 aromatic heterocycles. The Morgan fingerprint density at radius 3 is 2.59 bits per heavy atom. The third-order valence-corrected chi connectivity index (χ3v) is 6.16. The number of hydrogen-bond acceptors (Lipinski definition) is 5. The molecule has 1 aliphatic heterocycles. The highest BCUT2D eigenvalue weighted by Crippen LogP contribution is 2.28. The summed E-state index contributed by atoms with van der Waals surface area (Å²) in [6, 6.07) is 11.0. The molecule has 0 bridgehead atoms. The van der Waals surface area contributed by atoms with Crippen LogP contribution in [-0.4, -0.2) is 47.1 Å². The van der Waals surface area contributed by atoms with Crippen molar-refractivity contribution >= 4 is 10.0 Å². The zero-order valence-corrected chi connectivity index (χ0v) is 18.1. The summed E-state index contributed by atoms with van der Waals surface area (Å²) in [7, 11) is -4.07. The Morgan fingerprint density at radius 1 is 1.19 bits per heavy atom. The standard InChI is InChI=1S/C21H22F3N5O2S/c1-14-3-2-4-15(9-14)10-20-26-19(12-28-8-7-21(23,24)13-28)27-29(20)18-6-5-16(11-17(18)22)32(25,30)31/h2-6,9,11H,7-8,10,12-13H2,1H3,(H2,25,30,31). The van der Waals surface area contributed by atoms with E-state index < -0.39 is 21.8 Å². The Bertz CT molecular complexity index is 1260. The predicted octanol–water partition coefficient (Wildman–Crippen LogP) is 2.79. The molecule has 0 atom stereocenters. The normalized spacial score (nSPS) is 16.5. The SMILES string of the molecule is Cc1cccc(Cc2nc(CN3CCC(F)(F)C3)nn2-c2ccc(S(N)(=O)=O)cc2F)c1. The van der Waals surface area contributed by atoms with Crippen molar-refractivity contribution in [2.24, 2.45) is 5.14 Å². The molecule has 1 aliphatic rings. The van der Waals surface area contributed by atoms with Crippen LogP contribution in [0.3, 0.4) is 0 Å². The molecule has 0 radical (unpaired) electrons. The van der Waals surface area contributed by atoms with E-state index in [2.05, 4.69) is 10.1 Å². The summed E-state index contributed by atoms with van der Waals surface area (Å²) in [6.45, 7) is 1.87. The Labute approximate surface area is 183 Å². The third kappa shape index (κ3) is 5.00. The molecular weight excluding hydrogens is 443 g/mol. The Balaban J connectivity index is 1.71. The van der Waals surface area contributed by atoms with Gasteiger partial charge in [0.1, 0.15) is 17.3 Å². The maximum atomic E-state index is 14.8. The fourth-order valence-electron chi connectivity index (χ4n) is 3.75. The number of aryl methyl sites for hydroxylation is 1. The second-order valence-corrected chi connectivity index (χ2v) is 9.56. The fourth-order valence-corrected chi connectivity index (χ4v) is 4.27. The van der Waals surface area contributed by atoms with Crippen LogP contribution in [0.5, 0.6) is 0 Å². The molecule has 4 rings (SSSR count). The molecule has 7 nitrogen and oxygen atoms in total. The van der Waals surface area contributed by atoms with E-state index in [4.69, 9.17) is 5.14 Å². The van der Waals surface area contributed by atoms with Gasteiger partial charge in [0.25, 0.3) is 5.92 Å². The minimum absolute atomic E-state index is 0.00875. The lowest BCUT2D eigenvalue weighted by Gasteiger charge is -2.12. The number of rotatable bonds is 6. The van der Waals surface area contributed by atoms with Crippen molar-refractivity contribution in [3.8, 4) is 5.69 Å². The lowest BCUT2D eigenvalue weighted by atomic mass is 10.1. The van der Waals surface area contributed by atoms with Crippen LogP contribution in [-0.2, 0) is 23.0 Å². The zero-order valence-electron chi connectivity index (χ0n) is 17.3. The quantitative estimate of drug-likeness (QED) is 0.604. The van der Waals surface area contributed by atoms with E-state index in [1.165, 1.54) is 16.8 Å². The number of aromatic nitrogens is 3. The van der Waals surface area contributed by atoms with Gasteiger partial charge >= 0.3 is 0 Å². The summed E-state index contributed by atoms with van der Waals surface area (Å²) >= 11 is 0. The van der Waals surface area contributed by atoms with E-state index >= 15 is 0 Å². The molecule has 0 aliphatic carbocycles. The number of alkyl halides is 2. The van der Waals surface area contributed by atoms with E-state index in [-0.39, 0.29) is 42.5 Å². The smallest absolute Gasteiger partial charge is 0.261 e. The highest BCUT2D eigenvalue weighted by Gasteiger charge is 2.38. The maximum Gasteiger partial charge on any atom is 0.261 e. The molecule has 3 aromatic rings. The van der Waals surface area contributed by atoms with Crippen LogP contribution in [0.25, 0.3) is 5.69 Å². The fraction of sp³-hybridized carbons (Fsp3) is 0.333. The number of nitrogens with zero attached hydrogens (tertiary/aromatic N) is 4. The van der Waals surface area contributed by atoms with Crippen LogP contribution in [0.2, 0.25) is 0 Å². The molecule has 1 fully saturated rings. The summed E-state index contributed by atoms with van der Waals surface area (Å²) in [6.07, 6.45) is 0.0920. The lowest BCUT2D eigenvalue weighted by Crippen LogP contribution is -2.25. The number of halogens is 3. The molecule has 32 heavy (non-hydrogen) atoms. The molecule has 0 saturated carbocycles. The Morgan fingerprint density at radius 2 is 1.97 bits per heavy atom. The number of sulfonamides is 1. The maximum absolute atomic E-state index is 14.8. The van der Waals surface area contributed by atoms with Gasteiger partial charge in [-0.25, -0.2) is 36.4 Å². The molecule has 2 aromatic carbocycles. The second kappa shape index (κ2) is 8.30. The number of hydrogen-bond donors (Lipinski definition) is 1. The van der Waals surface area contributed by atoms with Crippen molar-refractivity contribution in [1.29, 1.82) is 0 Å². The van der Waals surface area contributed by atoms with Crippen LogP contribution in [0.4, 0.5) is 13.2 Å². The van der Waals surface area contributed by atoms with Gasteiger partial charge in [0.05, 0.1) is 18.0 Å². The highest BCUT2D eigenvalue weighted by atomic mass is 32.2. The van der Waals surface area contributed by atoms with Gasteiger partial charge in [-0.2, -0.15) is 0 Å². The van der Waals surface area contributed by atoms with Crippen molar-refractivity contribution < 1.29 is 21.6 Å². The molecule has 2 heterocycles. The molecule has 0 spiro atoms. The van der Waals surface area contributed by atoms with E-state index in [0.29, 0.717) is 12.2 Å². The van der Waals surface area contributed by atoms with Crippen molar-refractivity contribution in [1.82, 2.24) is 19.7 Å². The largest absolute Gasteiger partial charge is 0.290 e. The van der Waals surface area contributed by atoms with Gasteiger partial charge in [-0.1, -0.05) is 29.8 Å². The summed E-state index contributed by atoms with van der Waals surface area (Å²) in [5.74, 6) is -2.91. The summed E-state index contributed by atoms with van der Waals surface area (Å²) in [4.78, 5) is 5.68. The zero-order chi connectivity index (χ0) is 23.1. The molecule has 1 saturated heterocycles. The average molecular weight is 466 g/mol. The van der Waals surface area contributed by atoms with Crippen molar-refractivity contribution in [2.45, 2.75) is 37.1 Å². The van der Waals surface area contributed by atoms with Gasteiger partial charge < -0.3 is 0 Å². The van der Waals surface area contributed by atoms with Crippen LogP contribution in [0, 0.1) is 12.7 Å². The first-order valence-electron chi connectivity index (χ1n) is 9.93. The van der Waals surface area contributed by atoms with Gasteiger partial charge in [0.15, 0.2) is 5.82 Å². The lowest BCUT2D eigenvalue weighted by molar-refractivity contribution is 0.0113. The van der Waals surface area contributed by atoms with E-state index in [0.717, 1.165) is 17.2 Å². The van der Waals surface area contributed by atoms with Gasteiger partial charge in [-0.05, 0) is 30.7 Å². The molecule has 0 amide bonds. The van der Waals surface area contributed by atoms with Crippen molar-refractivity contribution in [3.05, 3.63) is 71.1 Å². The number of benzene rings is 2. The first kappa shape index (κ1) is 22.4. The van der Waals surface area contributed by atoms with Gasteiger partial charge in [0, 0.05) is 19.4 Å². The molecule has 0 unspecified atom stereocenters. The monoisotopic (exact) mass is 465 g/mol. The number of nitrogens with two attached hydrogens (primary N) is 1. The third-order valence-electron chi connectivity index (χ3n) is 5.25. The molecule has 2 N–H and O–H groups in total. The molecule has 11 heteroatoms.